The number of urea groups is 1. The van der Waals surface area contributed by atoms with Gasteiger partial charge >= 0.3 is 6.03 Å². The fourth-order valence-electron chi connectivity index (χ4n) is 3.79. The van der Waals surface area contributed by atoms with Crippen molar-refractivity contribution in [1.82, 2.24) is 9.80 Å². The fourth-order valence-corrected chi connectivity index (χ4v) is 3.79. The molecule has 3 aromatic rings. The summed E-state index contributed by atoms with van der Waals surface area (Å²) in [5.41, 5.74) is 0.400. The van der Waals surface area contributed by atoms with Crippen LogP contribution >= 0.6 is 0 Å². The number of rotatable bonds is 4. The summed E-state index contributed by atoms with van der Waals surface area (Å²) in [6.45, 7) is 4.72. The molecule has 0 saturated carbocycles. The lowest BCUT2D eigenvalue weighted by Gasteiger charge is -2.26. The maximum atomic E-state index is 13.3. The van der Waals surface area contributed by atoms with E-state index in [9.17, 15) is 19.2 Å². The number of carbonyl (C=O) groups is 4. The summed E-state index contributed by atoms with van der Waals surface area (Å²) in [5, 5.41) is 1.49. The van der Waals surface area contributed by atoms with E-state index in [0.29, 0.717) is 15.8 Å². The number of hydrogen-bond donors (Lipinski definition) is 0. The molecular formula is C25H22N2O4. The van der Waals surface area contributed by atoms with Crippen molar-refractivity contribution < 1.29 is 19.2 Å². The lowest BCUT2D eigenvalue weighted by atomic mass is 10.0. The van der Waals surface area contributed by atoms with E-state index in [1.54, 1.807) is 50.2 Å². The number of imide groups is 3. The molecule has 0 spiro atoms. The van der Waals surface area contributed by atoms with E-state index in [2.05, 4.69) is 0 Å². The van der Waals surface area contributed by atoms with E-state index < -0.39 is 23.4 Å². The maximum Gasteiger partial charge on any atom is 0.335 e. The Balaban J connectivity index is 1.66. The first-order chi connectivity index (χ1) is 14.7. The van der Waals surface area contributed by atoms with E-state index in [1.807, 2.05) is 37.3 Å². The Bertz CT molecular complexity index is 1220. The van der Waals surface area contributed by atoms with Crippen molar-refractivity contribution in [3.8, 4) is 0 Å². The third kappa shape index (κ3) is 3.40. The van der Waals surface area contributed by atoms with E-state index >= 15 is 0 Å². The minimum Gasteiger partial charge on any atom is -0.302 e. The maximum absolute atomic E-state index is 13.3. The molecule has 1 aliphatic rings. The van der Waals surface area contributed by atoms with Gasteiger partial charge in [0.25, 0.3) is 11.8 Å². The highest BCUT2D eigenvalue weighted by atomic mass is 16.2. The van der Waals surface area contributed by atoms with Gasteiger partial charge in [-0.15, -0.1) is 0 Å². The van der Waals surface area contributed by atoms with Gasteiger partial charge in [0, 0.05) is 11.1 Å². The van der Waals surface area contributed by atoms with Crippen LogP contribution in [0.1, 0.15) is 40.1 Å². The Morgan fingerprint density at radius 2 is 1.52 bits per heavy atom. The summed E-state index contributed by atoms with van der Waals surface area (Å²) >= 11 is 0. The van der Waals surface area contributed by atoms with Crippen molar-refractivity contribution >= 4 is 34.4 Å². The number of Topliss-reactive ketones (excluding diaryl/α,β-unsaturated/α-hetero) is 1. The smallest absolute Gasteiger partial charge is 0.302 e. The normalized spacial score (nSPS) is 15.6. The first-order valence-electron chi connectivity index (χ1n) is 10.00. The van der Waals surface area contributed by atoms with Crippen LogP contribution in [0.5, 0.6) is 0 Å². The van der Waals surface area contributed by atoms with Crippen molar-refractivity contribution in [1.29, 1.82) is 0 Å². The summed E-state index contributed by atoms with van der Waals surface area (Å²) in [7, 11) is 0. The van der Waals surface area contributed by atoms with E-state index in [1.165, 1.54) is 4.90 Å². The highest BCUT2D eigenvalue weighted by molar-refractivity contribution is 6.25. The molecule has 4 amide bonds. The topological polar surface area (TPSA) is 74.8 Å². The highest BCUT2D eigenvalue weighted by Gasteiger charge is 2.54. The third-order valence-electron chi connectivity index (χ3n) is 5.72. The lowest BCUT2D eigenvalue weighted by molar-refractivity contribution is -0.130. The zero-order valence-electron chi connectivity index (χ0n) is 17.6. The van der Waals surface area contributed by atoms with Gasteiger partial charge < -0.3 is 4.90 Å². The molecule has 1 aliphatic heterocycles. The van der Waals surface area contributed by atoms with Crippen LogP contribution in [0.2, 0.25) is 0 Å². The fraction of sp³-hybridized carbons (Fsp3) is 0.200. The van der Waals surface area contributed by atoms with Crippen LogP contribution < -0.4 is 0 Å². The zero-order valence-corrected chi connectivity index (χ0v) is 17.6. The quantitative estimate of drug-likeness (QED) is 0.364. The van der Waals surface area contributed by atoms with Crippen LogP contribution in [0.15, 0.2) is 66.7 Å². The Morgan fingerprint density at radius 1 is 0.871 bits per heavy atom. The van der Waals surface area contributed by atoms with Crippen LogP contribution in [0.25, 0.3) is 10.8 Å². The number of hydrogen-bond acceptors (Lipinski definition) is 4. The van der Waals surface area contributed by atoms with Gasteiger partial charge in [0.1, 0.15) is 5.54 Å². The summed E-state index contributed by atoms with van der Waals surface area (Å²) in [5.74, 6) is -1.63. The predicted molar refractivity (Wildman–Crippen MR) is 117 cm³/mol. The summed E-state index contributed by atoms with van der Waals surface area (Å²) in [6.07, 6.45) is 0. The van der Waals surface area contributed by atoms with Crippen LogP contribution in [-0.2, 0) is 4.79 Å². The van der Waals surface area contributed by atoms with Gasteiger partial charge in [-0.3, -0.25) is 14.4 Å². The van der Waals surface area contributed by atoms with Crippen LogP contribution in [0, 0.1) is 6.92 Å². The number of benzene rings is 3. The summed E-state index contributed by atoms with van der Waals surface area (Å²) < 4.78 is 0. The van der Waals surface area contributed by atoms with Crippen molar-refractivity contribution in [2.45, 2.75) is 26.3 Å². The Hall–Kier alpha value is -3.80. The van der Waals surface area contributed by atoms with E-state index in [0.717, 1.165) is 10.9 Å². The Labute approximate surface area is 180 Å². The minimum absolute atomic E-state index is 0.266. The molecule has 3 aromatic carbocycles. The van der Waals surface area contributed by atoms with Crippen molar-refractivity contribution in [2.75, 3.05) is 6.54 Å². The number of fused-ring (bicyclic) bond motifs is 1. The van der Waals surface area contributed by atoms with Crippen LogP contribution in [-0.4, -0.2) is 45.5 Å². The lowest BCUT2D eigenvalue weighted by Crippen LogP contribution is -2.46. The first kappa shape index (κ1) is 20.5. The molecule has 0 N–H and O–H groups in total. The van der Waals surface area contributed by atoms with Gasteiger partial charge in [0.05, 0.1) is 6.54 Å². The first-order valence-corrected chi connectivity index (χ1v) is 10.00. The molecule has 1 heterocycles. The number of nitrogens with zero attached hydrogens (tertiary/aromatic N) is 2. The molecule has 1 fully saturated rings. The van der Waals surface area contributed by atoms with Gasteiger partial charge in [-0.1, -0.05) is 66.2 Å². The standard InChI is InChI=1S/C25H22N2O4/c1-16-11-13-18(14-12-16)21(28)15-26-24(31)27(23(30)25(26,2)3)22(29)20-10-6-8-17-7-4-5-9-19(17)20/h4-14H,15H2,1-3H3. The minimum atomic E-state index is -1.32. The molecule has 0 aromatic heterocycles. The van der Waals surface area contributed by atoms with Crippen LogP contribution in [0.4, 0.5) is 4.79 Å². The number of carbonyl (C=O) groups excluding carboxylic acids is 4. The van der Waals surface area contributed by atoms with Crippen molar-refractivity contribution in [3.63, 3.8) is 0 Å². The Kier molecular flexibility index (Phi) is 4.93. The van der Waals surface area contributed by atoms with Gasteiger partial charge in [0.2, 0.25) is 0 Å². The second-order valence-corrected chi connectivity index (χ2v) is 8.19. The molecule has 156 valence electrons. The second-order valence-electron chi connectivity index (χ2n) is 8.19. The summed E-state index contributed by atoms with van der Waals surface area (Å²) in [4.78, 5) is 54.1. The average molecular weight is 414 g/mol. The zero-order chi connectivity index (χ0) is 22.3. The summed E-state index contributed by atoms with van der Waals surface area (Å²) in [6, 6.07) is 18.7. The number of amides is 4. The SMILES string of the molecule is Cc1ccc(C(=O)CN2C(=O)N(C(=O)c3cccc4ccccc34)C(=O)C2(C)C)cc1. The molecule has 31 heavy (non-hydrogen) atoms. The molecule has 0 radical (unpaired) electrons. The largest absolute Gasteiger partial charge is 0.335 e. The van der Waals surface area contributed by atoms with E-state index in [4.69, 9.17) is 0 Å². The second kappa shape index (κ2) is 7.47. The molecule has 6 heteroatoms. The molecule has 4 rings (SSSR count). The predicted octanol–water partition coefficient (Wildman–Crippen LogP) is 4.21. The molecule has 0 bridgehead atoms. The van der Waals surface area contributed by atoms with Gasteiger partial charge in [-0.25, -0.2) is 4.79 Å². The van der Waals surface area contributed by atoms with Crippen molar-refractivity contribution in [2.24, 2.45) is 0 Å². The molecule has 0 unspecified atom stereocenters. The van der Waals surface area contributed by atoms with Crippen LogP contribution in [0.3, 0.4) is 0 Å². The monoisotopic (exact) mass is 414 g/mol. The average Bonchev–Trinajstić information content (AvgIpc) is 2.92. The van der Waals surface area contributed by atoms with E-state index in [-0.39, 0.29) is 17.9 Å². The number of ketones is 1. The molecule has 0 aliphatic carbocycles. The third-order valence-corrected chi connectivity index (χ3v) is 5.72. The molecule has 1 saturated heterocycles. The number of aryl methyl sites for hydroxylation is 1. The van der Waals surface area contributed by atoms with Gasteiger partial charge in [-0.2, -0.15) is 4.90 Å². The van der Waals surface area contributed by atoms with Gasteiger partial charge in [0.15, 0.2) is 5.78 Å². The van der Waals surface area contributed by atoms with Crippen molar-refractivity contribution in [3.05, 3.63) is 83.4 Å². The molecular weight excluding hydrogens is 392 g/mol. The molecule has 0 atom stereocenters. The Morgan fingerprint density at radius 3 is 2.23 bits per heavy atom. The highest BCUT2D eigenvalue weighted by Crippen LogP contribution is 2.30. The molecule has 6 nitrogen and oxygen atoms in total. The van der Waals surface area contributed by atoms with Gasteiger partial charge in [-0.05, 0) is 37.6 Å².